The molecule has 2 heteroatoms. The molecule has 2 aliphatic carbocycles. The number of anilines is 3. The summed E-state index contributed by atoms with van der Waals surface area (Å²) in [7, 11) is 0. The largest absolute Gasteiger partial charge is 0.310 e. The molecule has 248 valence electrons. The molecule has 1 aromatic heterocycles. The summed E-state index contributed by atoms with van der Waals surface area (Å²) < 4.78 is 2.67. The first kappa shape index (κ1) is 31.3. The molecule has 0 bridgehead atoms. The van der Waals surface area contributed by atoms with Crippen molar-refractivity contribution in [2.75, 3.05) is 4.90 Å². The van der Waals surface area contributed by atoms with Gasteiger partial charge in [0, 0.05) is 42.6 Å². The Kier molecular flexibility index (Phi) is 8.50. The van der Waals surface area contributed by atoms with Crippen LogP contribution in [-0.4, -0.2) is 0 Å². The first-order chi connectivity index (χ1) is 24.8. The van der Waals surface area contributed by atoms with E-state index in [4.69, 9.17) is 0 Å². The van der Waals surface area contributed by atoms with Gasteiger partial charge >= 0.3 is 0 Å². The summed E-state index contributed by atoms with van der Waals surface area (Å²) in [6.45, 7) is 0. The Labute approximate surface area is 301 Å². The van der Waals surface area contributed by atoms with E-state index in [-0.39, 0.29) is 5.41 Å². The Hall–Kier alpha value is -4.66. The third-order valence-electron chi connectivity index (χ3n) is 11.8. The number of benzene rings is 6. The minimum atomic E-state index is 0.0901. The molecule has 0 saturated heterocycles. The van der Waals surface area contributed by atoms with Crippen molar-refractivity contribution in [2.45, 2.75) is 75.5 Å². The van der Waals surface area contributed by atoms with Gasteiger partial charge in [-0.3, -0.25) is 0 Å². The van der Waals surface area contributed by atoms with Gasteiger partial charge in [0.25, 0.3) is 0 Å². The van der Waals surface area contributed by atoms with Gasteiger partial charge in [0.2, 0.25) is 0 Å². The van der Waals surface area contributed by atoms with E-state index in [1.165, 1.54) is 129 Å². The number of hydrogen-bond acceptors (Lipinski definition) is 2. The highest BCUT2D eigenvalue weighted by atomic mass is 32.1. The van der Waals surface area contributed by atoms with Crippen LogP contribution in [0.2, 0.25) is 0 Å². The van der Waals surface area contributed by atoms with Crippen LogP contribution >= 0.6 is 11.3 Å². The monoisotopic (exact) mass is 667 g/mol. The fourth-order valence-electron chi connectivity index (χ4n) is 9.18. The highest BCUT2D eigenvalue weighted by Gasteiger charge is 2.35. The van der Waals surface area contributed by atoms with Crippen molar-refractivity contribution < 1.29 is 0 Å². The molecule has 0 atom stereocenters. The lowest BCUT2D eigenvalue weighted by molar-refractivity contribution is 0.346. The van der Waals surface area contributed by atoms with E-state index in [2.05, 4.69) is 150 Å². The van der Waals surface area contributed by atoms with E-state index in [0.717, 1.165) is 0 Å². The number of fused-ring (bicyclic) bond motifs is 3. The highest BCUT2D eigenvalue weighted by Crippen LogP contribution is 2.47. The molecule has 9 rings (SSSR count). The number of rotatable bonds is 7. The van der Waals surface area contributed by atoms with E-state index in [9.17, 15) is 0 Å². The van der Waals surface area contributed by atoms with Crippen LogP contribution in [0, 0.1) is 0 Å². The predicted octanol–water partition coefficient (Wildman–Crippen LogP) is 14.5. The molecule has 0 amide bonds. The maximum atomic E-state index is 2.48. The summed E-state index contributed by atoms with van der Waals surface area (Å²) >= 11 is 1.90. The minimum Gasteiger partial charge on any atom is -0.310 e. The van der Waals surface area contributed by atoms with Gasteiger partial charge in [-0.15, -0.1) is 11.3 Å². The van der Waals surface area contributed by atoms with Gasteiger partial charge in [-0.25, -0.2) is 0 Å². The van der Waals surface area contributed by atoms with Crippen LogP contribution in [0.15, 0.2) is 146 Å². The molecular formula is C48H45NS. The molecule has 1 heterocycles. The van der Waals surface area contributed by atoms with E-state index >= 15 is 0 Å². The molecule has 7 aromatic rings. The highest BCUT2D eigenvalue weighted by molar-refractivity contribution is 7.26. The second-order valence-corrected chi connectivity index (χ2v) is 15.7. The van der Waals surface area contributed by atoms with Crippen LogP contribution in [0.3, 0.4) is 0 Å². The molecule has 0 spiro atoms. The lowest BCUT2D eigenvalue weighted by Gasteiger charge is -2.39. The van der Waals surface area contributed by atoms with E-state index in [0.29, 0.717) is 5.92 Å². The van der Waals surface area contributed by atoms with Crippen LogP contribution in [0.25, 0.3) is 31.3 Å². The summed E-state index contributed by atoms with van der Waals surface area (Å²) in [4.78, 5) is 2.48. The smallest absolute Gasteiger partial charge is 0.0468 e. The SMILES string of the molecule is c1ccc(-c2cccc3sc4ccc(N(c5ccc(C6CCCCC6)cc5)c5ccc(C6(c7ccccc7)CCCCC6)cc5)cc4c23)cc1. The Morgan fingerprint density at radius 3 is 1.84 bits per heavy atom. The third kappa shape index (κ3) is 5.74. The van der Waals surface area contributed by atoms with Crippen molar-refractivity contribution in [1.29, 1.82) is 0 Å². The van der Waals surface area contributed by atoms with Crippen LogP contribution < -0.4 is 4.90 Å². The Balaban J connectivity index is 1.17. The van der Waals surface area contributed by atoms with Gasteiger partial charge in [0.1, 0.15) is 0 Å². The Morgan fingerprint density at radius 1 is 0.500 bits per heavy atom. The summed E-state index contributed by atoms with van der Waals surface area (Å²) in [6, 6.07) is 55.2. The second-order valence-electron chi connectivity index (χ2n) is 14.6. The first-order valence-corrected chi connectivity index (χ1v) is 19.7. The molecule has 2 fully saturated rings. The van der Waals surface area contributed by atoms with E-state index in [1.54, 1.807) is 0 Å². The average molecular weight is 668 g/mol. The fraction of sp³-hybridized carbons (Fsp3) is 0.250. The lowest BCUT2D eigenvalue weighted by Crippen LogP contribution is -2.30. The van der Waals surface area contributed by atoms with Gasteiger partial charge in [0.15, 0.2) is 0 Å². The Morgan fingerprint density at radius 2 is 1.12 bits per heavy atom. The van der Waals surface area contributed by atoms with Gasteiger partial charge in [-0.1, -0.05) is 136 Å². The van der Waals surface area contributed by atoms with E-state index < -0.39 is 0 Å². The van der Waals surface area contributed by atoms with Gasteiger partial charge in [-0.2, -0.15) is 0 Å². The number of hydrogen-bond donors (Lipinski definition) is 0. The van der Waals surface area contributed by atoms with Gasteiger partial charge in [-0.05, 0) is 108 Å². The van der Waals surface area contributed by atoms with Crippen LogP contribution in [0.5, 0.6) is 0 Å². The van der Waals surface area contributed by atoms with Crippen LogP contribution in [-0.2, 0) is 5.41 Å². The minimum absolute atomic E-state index is 0.0901. The summed E-state index contributed by atoms with van der Waals surface area (Å²) in [5, 5.41) is 2.68. The molecule has 0 unspecified atom stereocenters. The molecule has 6 aromatic carbocycles. The molecule has 0 N–H and O–H groups in total. The fourth-order valence-corrected chi connectivity index (χ4v) is 10.3. The van der Waals surface area contributed by atoms with Crippen molar-refractivity contribution in [2.24, 2.45) is 0 Å². The van der Waals surface area contributed by atoms with Crippen molar-refractivity contribution in [3.8, 4) is 11.1 Å². The maximum Gasteiger partial charge on any atom is 0.0468 e. The molecule has 2 aliphatic rings. The summed E-state index contributed by atoms with van der Waals surface area (Å²) in [6.07, 6.45) is 13.1. The molecule has 1 nitrogen and oxygen atoms in total. The zero-order chi connectivity index (χ0) is 33.3. The van der Waals surface area contributed by atoms with Gasteiger partial charge < -0.3 is 4.90 Å². The average Bonchev–Trinajstić information content (AvgIpc) is 3.58. The standard InChI is InChI=1S/C48H45NS/c1-5-14-35(15-6-1)36-22-26-40(27-23-36)49(41-28-24-39(25-29-41)48(32-11-4-12-33-48)38-18-9-3-10-19-38)42-30-31-45-44(34-42)47-43(20-13-21-46(47)50-45)37-16-7-2-8-17-37/h2-3,7-10,13,16-31,34-35H,1,4-6,11-12,14-15,32-33H2. The molecule has 0 radical (unpaired) electrons. The van der Waals surface area contributed by atoms with Crippen molar-refractivity contribution in [3.63, 3.8) is 0 Å². The van der Waals surface area contributed by atoms with E-state index in [1.807, 2.05) is 11.3 Å². The quantitative estimate of drug-likeness (QED) is 0.163. The zero-order valence-corrected chi connectivity index (χ0v) is 29.7. The first-order valence-electron chi connectivity index (χ1n) is 18.8. The number of thiophene rings is 1. The molecule has 0 aliphatic heterocycles. The zero-order valence-electron chi connectivity index (χ0n) is 28.9. The lowest BCUT2D eigenvalue weighted by atomic mass is 9.65. The molecule has 50 heavy (non-hydrogen) atoms. The number of nitrogens with zero attached hydrogens (tertiary/aromatic N) is 1. The summed E-state index contributed by atoms with van der Waals surface area (Å²) in [5.41, 5.74) is 10.7. The Bertz CT molecular complexity index is 2200. The van der Waals surface area contributed by atoms with Gasteiger partial charge in [0.05, 0.1) is 0 Å². The van der Waals surface area contributed by atoms with Crippen LogP contribution in [0.4, 0.5) is 17.1 Å². The maximum absolute atomic E-state index is 2.48. The predicted molar refractivity (Wildman–Crippen MR) is 216 cm³/mol. The van der Waals surface area contributed by atoms with Crippen molar-refractivity contribution in [3.05, 3.63) is 162 Å². The summed E-state index contributed by atoms with van der Waals surface area (Å²) in [5.74, 6) is 0.695. The second kappa shape index (κ2) is 13.6. The van der Waals surface area contributed by atoms with Crippen LogP contribution in [0.1, 0.15) is 86.8 Å². The third-order valence-corrected chi connectivity index (χ3v) is 12.9. The van der Waals surface area contributed by atoms with Crippen molar-refractivity contribution >= 4 is 48.6 Å². The normalized spacial score (nSPS) is 16.5. The molecule has 2 saturated carbocycles. The molecular weight excluding hydrogens is 623 g/mol. The van der Waals surface area contributed by atoms with Crippen molar-refractivity contribution in [1.82, 2.24) is 0 Å². The topological polar surface area (TPSA) is 3.24 Å².